The van der Waals surface area contributed by atoms with E-state index < -0.39 is 0 Å². The number of quaternary nitrogens is 1. The highest BCUT2D eigenvalue weighted by atomic mass is 15.1. The zero-order valence-corrected chi connectivity index (χ0v) is 17.5. The van der Waals surface area contributed by atoms with Crippen molar-refractivity contribution in [1.82, 2.24) is 0 Å². The van der Waals surface area contributed by atoms with Gasteiger partial charge in [0.05, 0.1) is 19.6 Å². The normalized spacial score (nSPS) is 11.1. The number of unbranched alkanes of at least 4 members (excludes halogenated alkanes) is 15. The van der Waals surface area contributed by atoms with Crippen molar-refractivity contribution in [2.24, 2.45) is 0 Å². The zero-order valence-electron chi connectivity index (χ0n) is 17.5. The molecule has 0 aliphatic heterocycles. The molecule has 1 nitrogen and oxygen atoms in total. The molecule has 148 valence electrons. The second kappa shape index (κ2) is 21.5. The predicted molar refractivity (Wildman–Crippen MR) is 116 cm³/mol. The van der Waals surface area contributed by atoms with Crippen LogP contribution in [0.4, 0.5) is 0 Å². The molecule has 1 N–H and O–H groups in total. The maximum Gasteiger partial charge on any atom is 0.0957 e. The lowest BCUT2D eigenvalue weighted by Gasteiger charge is -2.15. The largest absolute Gasteiger partial charge is 0.328 e. The Hall–Kier alpha value is -0.560. The van der Waals surface area contributed by atoms with Crippen LogP contribution in [0.2, 0.25) is 0 Å². The summed E-state index contributed by atoms with van der Waals surface area (Å²) in [6.45, 7) is 13.4. The standard InChI is InChI=1S/C24H47N/c1-4-7-8-9-10-11-12-13-14-15-16-17-18-19-20-21-24-25(22-5-2)23-6-3/h5-6H,2-4,7-24H2,1H3/p+1. The van der Waals surface area contributed by atoms with Gasteiger partial charge in [-0.3, -0.25) is 0 Å². The van der Waals surface area contributed by atoms with Crippen LogP contribution in [0.3, 0.4) is 0 Å². The lowest BCUT2D eigenvalue weighted by Crippen LogP contribution is -3.11. The molecule has 0 aliphatic carbocycles. The first-order valence-corrected chi connectivity index (χ1v) is 11.4. The molecule has 0 spiro atoms. The van der Waals surface area contributed by atoms with E-state index in [2.05, 4.69) is 20.1 Å². The van der Waals surface area contributed by atoms with E-state index in [-0.39, 0.29) is 0 Å². The van der Waals surface area contributed by atoms with E-state index in [1.807, 2.05) is 12.2 Å². The minimum Gasteiger partial charge on any atom is -0.328 e. The average molecular weight is 351 g/mol. The van der Waals surface area contributed by atoms with Crippen molar-refractivity contribution in [2.45, 2.75) is 110 Å². The maximum absolute atomic E-state index is 3.85. The van der Waals surface area contributed by atoms with Crippen molar-refractivity contribution in [1.29, 1.82) is 0 Å². The Bertz CT molecular complexity index is 261. The monoisotopic (exact) mass is 350 g/mol. The Labute approximate surface area is 160 Å². The van der Waals surface area contributed by atoms with Crippen LogP contribution in [0.1, 0.15) is 110 Å². The fraction of sp³-hybridized carbons (Fsp3) is 0.833. The van der Waals surface area contributed by atoms with Gasteiger partial charge in [-0.1, -0.05) is 110 Å². The molecule has 0 rings (SSSR count). The van der Waals surface area contributed by atoms with E-state index in [1.165, 1.54) is 109 Å². The summed E-state index contributed by atoms with van der Waals surface area (Å²) in [5.74, 6) is 0. The third-order valence-corrected chi connectivity index (χ3v) is 5.25. The van der Waals surface area contributed by atoms with Gasteiger partial charge < -0.3 is 4.90 Å². The van der Waals surface area contributed by atoms with E-state index in [0.717, 1.165) is 13.1 Å². The van der Waals surface area contributed by atoms with Crippen molar-refractivity contribution in [2.75, 3.05) is 19.6 Å². The Kier molecular flexibility index (Phi) is 21.0. The van der Waals surface area contributed by atoms with Crippen molar-refractivity contribution in [3.05, 3.63) is 25.3 Å². The highest BCUT2D eigenvalue weighted by Gasteiger charge is 2.03. The van der Waals surface area contributed by atoms with Gasteiger partial charge in [-0.15, -0.1) is 0 Å². The topological polar surface area (TPSA) is 4.44 Å². The SMILES string of the molecule is C=CC[NH+](CC=C)CCCCCCCCCCCCCCCCCC. The molecule has 25 heavy (non-hydrogen) atoms. The molecule has 0 fully saturated rings. The molecule has 0 aromatic carbocycles. The molecule has 0 bridgehead atoms. The van der Waals surface area contributed by atoms with Crippen LogP contribution in [0.5, 0.6) is 0 Å². The van der Waals surface area contributed by atoms with Crippen LogP contribution < -0.4 is 4.90 Å². The maximum atomic E-state index is 3.85. The van der Waals surface area contributed by atoms with E-state index in [4.69, 9.17) is 0 Å². The lowest BCUT2D eigenvalue weighted by molar-refractivity contribution is -0.888. The fourth-order valence-electron chi connectivity index (χ4n) is 3.62. The van der Waals surface area contributed by atoms with Gasteiger partial charge in [0.2, 0.25) is 0 Å². The second-order valence-corrected chi connectivity index (χ2v) is 7.79. The van der Waals surface area contributed by atoms with Crippen molar-refractivity contribution in [3.8, 4) is 0 Å². The third-order valence-electron chi connectivity index (χ3n) is 5.25. The predicted octanol–water partition coefficient (Wildman–Crippen LogP) is 6.50. The van der Waals surface area contributed by atoms with Crippen molar-refractivity contribution < 1.29 is 4.90 Å². The van der Waals surface area contributed by atoms with Crippen LogP contribution in [-0.4, -0.2) is 19.6 Å². The summed E-state index contributed by atoms with van der Waals surface area (Å²) in [5, 5.41) is 0. The molecule has 0 aliphatic rings. The van der Waals surface area contributed by atoms with Gasteiger partial charge in [-0.2, -0.15) is 0 Å². The van der Waals surface area contributed by atoms with Gasteiger partial charge in [0.1, 0.15) is 0 Å². The first-order valence-electron chi connectivity index (χ1n) is 11.4. The number of rotatable bonds is 21. The van der Waals surface area contributed by atoms with Crippen LogP contribution in [0.15, 0.2) is 25.3 Å². The van der Waals surface area contributed by atoms with Crippen LogP contribution in [-0.2, 0) is 0 Å². The van der Waals surface area contributed by atoms with Gasteiger partial charge >= 0.3 is 0 Å². The molecule has 0 atom stereocenters. The first-order chi connectivity index (χ1) is 12.3. The summed E-state index contributed by atoms with van der Waals surface area (Å²) >= 11 is 0. The Morgan fingerprint density at radius 1 is 0.520 bits per heavy atom. The zero-order chi connectivity index (χ0) is 18.4. The van der Waals surface area contributed by atoms with Gasteiger partial charge in [0.25, 0.3) is 0 Å². The number of nitrogens with one attached hydrogen (secondary N) is 1. The molecule has 0 aromatic heterocycles. The van der Waals surface area contributed by atoms with Gasteiger partial charge in [-0.25, -0.2) is 0 Å². The summed E-state index contributed by atoms with van der Waals surface area (Å²) in [5.41, 5.74) is 0. The summed E-state index contributed by atoms with van der Waals surface area (Å²) in [6.07, 6.45) is 27.1. The smallest absolute Gasteiger partial charge is 0.0957 e. The first kappa shape index (κ1) is 24.4. The minimum atomic E-state index is 1.07. The highest BCUT2D eigenvalue weighted by molar-refractivity contribution is 4.67. The Morgan fingerprint density at radius 3 is 1.16 bits per heavy atom. The average Bonchev–Trinajstić information content (AvgIpc) is 2.61. The molecule has 1 heteroatoms. The van der Waals surface area contributed by atoms with Gasteiger partial charge in [0, 0.05) is 0 Å². The quantitative estimate of drug-likeness (QED) is 0.178. The summed E-state index contributed by atoms with van der Waals surface area (Å²) in [7, 11) is 0. The molecular formula is C24H48N+. The minimum absolute atomic E-state index is 1.07. The van der Waals surface area contributed by atoms with E-state index >= 15 is 0 Å². The number of hydrogen-bond donors (Lipinski definition) is 1. The summed E-state index contributed by atoms with van der Waals surface area (Å²) in [4.78, 5) is 1.61. The second-order valence-electron chi connectivity index (χ2n) is 7.79. The highest BCUT2D eigenvalue weighted by Crippen LogP contribution is 2.13. The fourth-order valence-corrected chi connectivity index (χ4v) is 3.62. The van der Waals surface area contributed by atoms with Crippen molar-refractivity contribution in [3.63, 3.8) is 0 Å². The van der Waals surface area contributed by atoms with Gasteiger partial charge in [-0.05, 0) is 25.0 Å². The number of hydrogen-bond acceptors (Lipinski definition) is 0. The molecule has 0 saturated carbocycles. The van der Waals surface area contributed by atoms with E-state index in [0.29, 0.717) is 0 Å². The molecule has 0 aromatic rings. The van der Waals surface area contributed by atoms with Gasteiger partial charge in [0.15, 0.2) is 0 Å². The lowest BCUT2D eigenvalue weighted by atomic mass is 10.0. The van der Waals surface area contributed by atoms with E-state index in [1.54, 1.807) is 4.90 Å². The Balaban J connectivity index is 3.16. The molecule has 0 heterocycles. The molecule has 0 amide bonds. The third kappa shape index (κ3) is 19.6. The van der Waals surface area contributed by atoms with Crippen LogP contribution >= 0.6 is 0 Å². The van der Waals surface area contributed by atoms with Crippen molar-refractivity contribution >= 4 is 0 Å². The molecular weight excluding hydrogens is 302 g/mol. The Morgan fingerprint density at radius 2 is 0.840 bits per heavy atom. The van der Waals surface area contributed by atoms with Crippen LogP contribution in [0.25, 0.3) is 0 Å². The molecule has 0 unspecified atom stereocenters. The van der Waals surface area contributed by atoms with E-state index in [9.17, 15) is 0 Å². The summed E-state index contributed by atoms with van der Waals surface area (Å²) < 4.78 is 0. The summed E-state index contributed by atoms with van der Waals surface area (Å²) in [6, 6.07) is 0. The molecule has 0 radical (unpaired) electrons. The molecule has 0 saturated heterocycles. The van der Waals surface area contributed by atoms with Crippen LogP contribution in [0, 0.1) is 0 Å².